The molecule has 31 heavy (non-hydrogen) atoms. The number of benzene rings is 1. The van der Waals surface area contributed by atoms with Gasteiger partial charge in [0.1, 0.15) is 23.8 Å². The van der Waals surface area contributed by atoms with Crippen LogP contribution in [0.5, 0.6) is 0 Å². The summed E-state index contributed by atoms with van der Waals surface area (Å²) in [4.78, 5) is 16.9. The molecule has 1 N–H and O–H groups in total. The standard InChI is InChI=1S/C22H21FN4O3S/c1-2-31(29,30)26-20-6-5-15(11-19(20)23)18-12-16(13-21(28)14-3-4-14)25-22-17(18)7-9-27(22)10-8-24/h5-7,9,11-12,14,26H,2-4,10,13H2,1H3. The SMILES string of the molecule is CCS(=O)(=O)Nc1ccc(-c2cc(CC(=O)C3CC3)nc3c2ccn3CC#N)cc1F. The average molecular weight is 441 g/mol. The predicted octanol–water partition coefficient (Wildman–Crippen LogP) is 3.65. The van der Waals surface area contributed by atoms with Gasteiger partial charge in [-0.05, 0) is 55.2 Å². The summed E-state index contributed by atoms with van der Waals surface area (Å²) in [5, 5.41) is 9.82. The number of pyridine rings is 1. The number of Topliss-reactive ketones (excluding diaryl/α,β-unsaturated/α-hetero) is 1. The highest BCUT2D eigenvalue weighted by Crippen LogP contribution is 2.34. The fourth-order valence-electron chi connectivity index (χ4n) is 3.48. The molecular formula is C22H21FN4O3S. The summed E-state index contributed by atoms with van der Waals surface area (Å²) in [6, 6.07) is 9.92. The molecule has 3 aromatic rings. The summed E-state index contributed by atoms with van der Waals surface area (Å²) in [6.07, 6.45) is 3.72. The zero-order valence-electron chi connectivity index (χ0n) is 16.9. The first-order valence-electron chi connectivity index (χ1n) is 10.00. The van der Waals surface area contributed by atoms with Crippen molar-refractivity contribution in [1.82, 2.24) is 9.55 Å². The molecule has 7 nitrogen and oxygen atoms in total. The number of sulfonamides is 1. The fraction of sp³-hybridized carbons (Fsp3) is 0.318. The normalized spacial score (nSPS) is 13.8. The van der Waals surface area contributed by atoms with Gasteiger partial charge in [-0.15, -0.1) is 0 Å². The van der Waals surface area contributed by atoms with Crippen molar-refractivity contribution in [3.05, 3.63) is 48.0 Å². The summed E-state index contributed by atoms with van der Waals surface area (Å²) in [6.45, 7) is 1.57. The first kappa shape index (κ1) is 21.0. The van der Waals surface area contributed by atoms with E-state index in [4.69, 9.17) is 5.26 Å². The van der Waals surface area contributed by atoms with Gasteiger partial charge < -0.3 is 4.57 Å². The second kappa shape index (κ2) is 8.12. The quantitative estimate of drug-likeness (QED) is 0.576. The van der Waals surface area contributed by atoms with E-state index in [-0.39, 0.29) is 36.1 Å². The summed E-state index contributed by atoms with van der Waals surface area (Å²) >= 11 is 0. The minimum atomic E-state index is -3.60. The minimum Gasteiger partial charge on any atom is -0.319 e. The van der Waals surface area contributed by atoms with Crippen molar-refractivity contribution in [2.75, 3.05) is 10.5 Å². The van der Waals surface area contributed by atoms with E-state index in [0.29, 0.717) is 22.5 Å². The fourth-order valence-corrected chi connectivity index (χ4v) is 4.12. The number of anilines is 1. The van der Waals surface area contributed by atoms with Crippen LogP contribution in [0.25, 0.3) is 22.2 Å². The maximum atomic E-state index is 14.7. The summed E-state index contributed by atoms with van der Waals surface area (Å²) in [7, 11) is -3.60. The topological polar surface area (TPSA) is 105 Å². The van der Waals surface area contributed by atoms with E-state index < -0.39 is 15.8 Å². The molecule has 1 fully saturated rings. The lowest BCUT2D eigenvalue weighted by atomic mass is 10.0. The Hall–Kier alpha value is -3.25. The highest BCUT2D eigenvalue weighted by molar-refractivity contribution is 7.92. The van der Waals surface area contributed by atoms with Crippen molar-refractivity contribution in [3.63, 3.8) is 0 Å². The van der Waals surface area contributed by atoms with Crippen molar-refractivity contribution in [1.29, 1.82) is 5.26 Å². The number of carbonyl (C=O) groups excluding carboxylic acids is 1. The lowest BCUT2D eigenvalue weighted by molar-refractivity contribution is -0.119. The number of hydrogen-bond acceptors (Lipinski definition) is 5. The van der Waals surface area contributed by atoms with Crippen LogP contribution in [0.15, 0.2) is 36.5 Å². The molecule has 0 amide bonds. The van der Waals surface area contributed by atoms with Crippen LogP contribution in [0.2, 0.25) is 0 Å². The molecule has 160 valence electrons. The summed E-state index contributed by atoms with van der Waals surface area (Å²) < 4.78 is 42.2. The first-order valence-corrected chi connectivity index (χ1v) is 11.7. The molecular weight excluding hydrogens is 419 g/mol. The molecule has 0 aliphatic heterocycles. The number of fused-ring (bicyclic) bond motifs is 1. The Bertz CT molecular complexity index is 1320. The number of nitrogens with zero attached hydrogens (tertiary/aromatic N) is 3. The van der Waals surface area contributed by atoms with Gasteiger partial charge in [-0.25, -0.2) is 17.8 Å². The van der Waals surface area contributed by atoms with Crippen LogP contribution < -0.4 is 4.72 Å². The van der Waals surface area contributed by atoms with Gasteiger partial charge in [0.15, 0.2) is 0 Å². The Balaban J connectivity index is 1.79. The van der Waals surface area contributed by atoms with Crippen LogP contribution in [0.3, 0.4) is 0 Å². The molecule has 1 aliphatic carbocycles. The molecule has 1 aliphatic rings. The summed E-state index contributed by atoms with van der Waals surface area (Å²) in [5.74, 6) is -0.641. The Kier molecular flexibility index (Phi) is 5.50. The van der Waals surface area contributed by atoms with E-state index in [2.05, 4.69) is 15.8 Å². The Morgan fingerprint density at radius 3 is 2.74 bits per heavy atom. The van der Waals surface area contributed by atoms with E-state index in [0.717, 1.165) is 18.2 Å². The molecule has 1 saturated carbocycles. The number of nitriles is 1. The molecule has 0 bridgehead atoms. The zero-order chi connectivity index (χ0) is 22.2. The van der Waals surface area contributed by atoms with Crippen molar-refractivity contribution < 1.29 is 17.6 Å². The number of rotatable bonds is 8. The largest absolute Gasteiger partial charge is 0.319 e. The average Bonchev–Trinajstić information content (AvgIpc) is 3.52. The molecule has 0 atom stereocenters. The molecule has 0 unspecified atom stereocenters. The third kappa shape index (κ3) is 4.44. The van der Waals surface area contributed by atoms with Gasteiger partial charge in [-0.1, -0.05) is 6.07 Å². The number of carbonyl (C=O) groups is 1. The van der Waals surface area contributed by atoms with Gasteiger partial charge >= 0.3 is 0 Å². The lowest BCUT2D eigenvalue weighted by Crippen LogP contribution is -2.15. The Morgan fingerprint density at radius 2 is 2.10 bits per heavy atom. The van der Waals surface area contributed by atoms with Gasteiger partial charge in [0.05, 0.1) is 23.2 Å². The number of aromatic nitrogens is 2. The van der Waals surface area contributed by atoms with E-state index in [1.807, 2.05) is 0 Å². The maximum Gasteiger partial charge on any atom is 0.232 e. The van der Waals surface area contributed by atoms with E-state index in [1.54, 1.807) is 29.0 Å². The zero-order valence-corrected chi connectivity index (χ0v) is 17.7. The van der Waals surface area contributed by atoms with Crippen molar-refractivity contribution in [3.8, 4) is 17.2 Å². The number of hydrogen-bond donors (Lipinski definition) is 1. The van der Waals surface area contributed by atoms with Crippen LogP contribution in [0.4, 0.5) is 10.1 Å². The van der Waals surface area contributed by atoms with Crippen molar-refractivity contribution >= 4 is 32.5 Å². The molecule has 0 saturated heterocycles. The second-order valence-electron chi connectivity index (χ2n) is 7.62. The molecule has 9 heteroatoms. The lowest BCUT2D eigenvalue weighted by Gasteiger charge is -2.11. The molecule has 2 heterocycles. The van der Waals surface area contributed by atoms with Crippen molar-refractivity contribution in [2.24, 2.45) is 5.92 Å². The van der Waals surface area contributed by atoms with Crippen LogP contribution >= 0.6 is 0 Å². The van der Waals surface area contributed by atoms with Gasteiger partial charge in [-0.3, -0.25) is 9.52 Å². The number of halogens is 1. The Labute approximate surface area is 179 Å². The second-order valence-corrected chi connectivity index (χ2v) is 9.63. The number of nitrogens with one attached hydrogen (secondary N) is 1. The molecule has 0 radical (unpaired) electrons. The third-order valence-corrected chi connectivity index (χ3v) is 6.63. The highest BCUT2D eigenvalue weighted by atomic mass is 32.2. The van der Waals surface area contributed by atoms with E-state index in [9.17, 15) is 17.6 Å². The van der Waals surface area contributed by atoms with Gasteiger partial charge in [0.25, 0.3) is 0 Å². The molecule has 2 aromatic heterocycles. The van der Waals surface area contributed by atoms with Crippen LogP contribution in [0, 0.1) is 23.1 Å². The monoisotopic (exact) mass is 440 g/mol. The van der Waals surface area contributed by atoms with Crippen molar-refractivity contribution in [2.45, 2.75) is 32.7 Å². The number of ketones is 1. The summed E-state index contributed by atoms with van der Waals surface area (Å²) in [5.41, 5.74) is 2.19. The van der Waals surface area contributed by atoms with Gasteiger partial charge in [-0.2, -0.15) is 5.26 Å². The maximum absolute atomic E-state index is 14.7. The Morgan fingerprint density at radius 1 is 1.32 bits per heavy atom. The smallest absolute Gasteiger partial charge is 0.232 e. The predicted molar refractivity (Wildman–Crippen MR) is 115 cm³/mol. The third-order valence-electron chi connectivity index (χ3n) is 5.34. The van der Waals surface area contributed by atoms with E-state index in [1.165, 1.54) is 19.1 Å². The van der Waals surface area contributed by atoms with Gasteiger partial charge in [0, 0.05) is 23.9 Å². The first-order chi connectivity index (χ1) is 14.8. The molecule has 1 aromatic carbocycles. The van der Waals surface area contributed by atoms with Crippen LogP contribution in [-0.2, 0) is 27.8 Å². The molecule has 4 rings (SSSR count). The highest BCUT2D eigenvalue weighted by Gasteiger charge is 2.29. The van der Waals surface area contributed by atoms with E-state index >= 15 is 0 Å². The van der Waals surface area contributed by atoms with Gasteiger partial charge in [0.2, 0.25) is 10.0 Å². The molecule has 0 spiro atoms. The van der Waals surface area contributed by atoms with Crippen LogP contribution in [-0.4, -0.2) is 29.5 Å². The minimum absolute atomic E-state index is 0.0927. The van der Waals surface area contributed by atoms with Crippen LogP contribution in [0.1, 0.15) is 25.5 Å².